The molecule has 1 saturated heterocycles. The van der Waals surface area contributed by atoms with E-state index in [4.69, 9.17) is 14.9 Å². The number of hydrogen-bond acceptors (Lipinski definition) is 5. The highest BCUT2D eigenvalue weighted by Crippen LogP contribution is 2.27. The Morgan fingerprint density at radius 3 is 2.29 bits per heavy atom. The number of hydrogen-bond donors (Lipinski definition) is 2. The third-order valence-electron chi connectivity index (χ3n) is 7.45. The molecule has 0 aromatic heterocycles. The summed E-state index contributed by atoms with van der Waals surface area (Å²) in [7, 11) is 0. The molecular formula is C30H36N2O6. The number of aliphatic carboxylic acids is 2. The lowest BCUT2D eigenvalue weighted by molar-refractivity contribution is -0.134. The van der Waals surface area contributed by atoms with Crippen LogP contribution in [0.15, 0.2) is 54.6 Å². The van der Waals surface area contributed by atoms with Gasteiger partial charge < -0.3 is 19.8 Å². The van der Waals surface area contributed by atoms with Crippen molar-refractivity contribution in [2.45, 2.75) is 45.1 Å². The Labute approximate surface area is 223 Å². The molecule has 8 heteroatoms. The zero-order valence-corrected chi connectivity index (χ0v) is 21.7. The maximum Gasteiger partial charge on any atom is 0.328 e. The van der Waals surface area contributed by atoms with E-state index in [0.717, 1.165) is 50.6 Å². The highest BCUT2D eigenvalue weighted by atomic mass is 16.5. The molecule has 5 rings (SSSR count). The molecule has 1 amide bonds. The molecule has 3 aliphatic rings. The van der Waals surface area contributed by atoms with E-state index in [1.165, 1.54) is 55.2 Å². The van der Waals surface area contributed by atoms with E-state index in [-0.39, 0.29) is 5.91 Å². The van der Waals surface area contributed by atoms with Gasteiger partial charge in [0, 0.05) is 37.3 Å². The number of carboxylic acid groups (broad SMARTS) is 2. The number of likely N-dealkylation sites (tertiary alicyclic amines) is 1. The monoisotopic (exact) mass is 520 g/mol. The zero-order chi connectivity index (χ0) is 26.9. The van der Waals surface area contributed by atoms with E-state index in [1.54, 1.807) is 0 Å². The average molecular weight is 521 g/mol. The van der Waals surface area contributed by atoms with Gasteiger partial charge in [-0.05, 0) is 92.4 Å². The molecule has 202 valence electrons. The number of amides is 1. The highest BCUT2D eigenvalue weighted by Gasteiger charge is 2.30. The van der Waals surface area contributed by atoms with Crippen LogP contribution in [0.3, 0.4) is 0 Å². The predicted molar refractivity (Wildman–Crippen MR) is 143 cm³/mol. The summed E-state index contributed by atoms with van der Waals surface area (Å²) in [6.07, 6.45) is 8.50. The van der Waals surface area contributed by atoms with Crippen LogP contribution in [-0.2, 0) is 29.0 Å². The van der Waals surface area contributed by atoms with E-state index >= 15 is 0 Å². The minimum atomic E-state index is -1.26. The van der Waals surface area contributed by atoms with Crippen LogP contribution < -0.4 is 4.74 Å². The Hall–Kier alpha value is -3.65. The summed E-state index contributed by atoms with van der Waals surface area (Å²) in [5, 5.41) is 15.6. The molecule has 1 fully saturated rings. The van der Waals surface area contributed by atoms with Gasteiger partial charge in [0.2, 0.25) is 0 Å². The number of benzene rings is 2. The second kappa shape index (κ2) is 13.2. The SMILES string of the molecule is O=C(O)C=CC(=O)O.O=C1c2ccccc2CN1CC1CCN(CCOc2ccc3c(c2)CCCC3)CC1. The molecule has 2 N–H and O–H groups in total. The van der Waals surface area contributed by atoms with Crippen LogP contribution in [0.5, 0.6) is 5.75 Å². The van der Waals surface area contributed by atoms with Crippen molar-refractivity contribution in [3.8, 4) is 5.75 Å². The Kier molecular flexibility index (Phi) is 9.54. The summed E-state index contributed by atoms with van der Waals surface area (Å²) < 4.78 is 6.06. The van der Waals surface area contributed by atoms with Gasteiger partial charge in [-0.3, -0.25) is 9.69 Å². The molecule has 2 aliphatic heterocycles. The first-order valence-electron chi connectivity index (χ1n) is 13.4. The number of carbonyl (C=O) groups is 3. The molecule has 8 nitrogen and oxygen atoms in total. The summed E-state index contributed by atoms with van der Waals surface area (Å²) in [6, 6.07) is 14.7. The molecule has 0 unspecified atom stereocenters. The Balaban J connectivity index is 0.000000368. The second-order valence-corrected chi connectivity index (χ2v) is 10.1. The smallest absolute Gasteiger partial charge is 0.328 e. The normalized spacial score (nSPS) is 17.5. The molecular weight excluding hydrogens is 484 g/mol. The third kappa shape index (κ3) is 7.68. The molecule has 0 bridgehead atoms. The molecule has 2 aromatic carbocycles. The first kappa shape index (κ1) is 27.4. The fraction of sp³-hybridized carbons (Fsp3) is 0.433. The number of carboxylic acids is 2. The standard InChI is InChI=1S/C26H32N2O2.C4H4O4/c29-26-25-8-4-3-7-23(25)19-28(26)18-20-11-13-27(14-12-20)15-16-30-24-10-9-21-5-1-2-6-22(21)17-24;5-3(6)1-2-4(7)8/h3-4,7-10,17,20H,1-2,5-6,11-16,18-19H2;1-2H,(H,5,6)(H,7,8). The Morgan fingerprint density at radius 2 is 1.61 bits per heavy atom. The lowest BCUT2D eigenvalue weighted by Crippen LogP contribution is -2.40. The molecule has 2 aromatic rings. The van der Waals surface area contributed by atoms with Crippen molar-refractivity contribution in [2.75, 3.05) is 32.8 Å². The maximum atomic E-state index is 12.6. The number of rotatable bonds is 8. The van der Waals surface area contributed by atoms with Crippen LogP contribution in [0.4, 0.5) is 0 Å². The van der Waals surface area contributed by atoms with Gasteiger partial charge in [-0.25, -0.2) is 9.59 Å². The molecule has 0 radical (unpaired) electrons. The first-order valence-corrected chi connectivity index (χ1v) is 13.4. The number of aryl methyl sites for hydroxylation is 2. The number of nitrogens with zero attached hydrogens (tertiary/aromatic N) is 2. The molecule has 1 aliphatic carbocycles. The number of carbonyl (C=O) groups excluding carboxylic acids is 1. The van der Waals surface area contributed by atoms with Crippen molar-refractivity contribution >= 4 is 17.8 Å². The van der Waals surface area contributed by atoms with E-state index in [9.17, 15) is 14.4 Å². The van der Waals surface area contributed by atoms with Crippen LogP contribution in [0.2, 0.25) is 0 Å². The van der Waals surface area contributed by atoms with Crippen molar-refractivity contribution in [2.24, 2.45) is 5.92 Å². The highest BCUT2D eigenvalue weighted by molar-refractivity contribution is 5.98. The van der Waals surface area contributed by atoms with Crippen molar-refractivity contribution < 1.29 is 29.3 Å². The number of piperidine rings is 1. The topological polar surface area (TPSA) is 107 Å². The lowest BCUT2D eigenvalue weighted by atomic mass is 9.92. The van der Waals surface area contributed by atoms with Gasteiger partial charge >= 0.3 is 11.9 Å². The van der Waals surface area contributed by atoms with E-state index in [2.05, 4.69) is 29.2 Å². The summed E-state index contributed by atoms with van der Waals surface area (Å²) >= 11 is 0. The summed E-state index contributed by atoms with van der Waals surface area (Å²) in [6.45, 7) is 5.62. The van der Waals surface area contributed by atoms with Crippen molar-refractivity contribution in [1.82, 2.24) is 9.80 Å². The molecule has 0 spiro atoms. The summed E-state index contributed by atoms with van der Waals surface area (Å²) in [4.78, 5) is 36.3. The van der Waals surface area contributed by atoms with Crippen LogP contribution in [0, 0.1) is 5.92 Å². The minimum Gasteiger partial charge on any atom is -0.492 e. The van der Waals surface area contributed by atoms with Crippen LogP contribution in [0.25, 0.3) is 0 Å². The summed E-state index contributed by atoms with van der Waals surface area (Å²) in [5.74, 6) is -0.662. The number of ether oxygens (including phenoxy) is 1. The molecule has 38 heavy (non-hydrogen) atoms. The van der Waals surface area contributed by atoms with Crippen molar-refractivity contribution in [3.05, 3.63) is 76.9 Å². The minimum absolute atomic E-state index is 0.214. The van der Waals surface area contributed by atoms with Gasteiger partial charge in [-0.2, -0.15) is 0 Å². The largest absolute Gasteiger partial charge is 0.492 e. The Morgan fingerprint density at radius 1 is 0.921 bits per heavy atom. The first-order chi connectivity index (χ1) is 18.4. The van der Waals surface area contributed by atoms with Crippen LogP contribution in [0.1, 0.15) is 52.7 Å². The lowest BCUT2D eigenvalue weighted by Gasteiger charge is -2.33. The van der Waals surface area contributed by atoms with Gasteiger partial charge in [-0.1, -0.05) is 24.3 Å². The molecule has 0 saturated carbocycles. The fourth-order valence-corrected chi connectivity index (χ4v) is 5.40. The zero-order valence-electron chi connectivity index (χ0n) is 21.7. The van der Waals surface area contributed by atoms with Gasteiger partial charge in [-0.15, -0.1) is 0 Å². The van der Waals surface area contributed by atoms with Gasteiger partial charge in [0.25, 0.3) is 5.91 Å². The van der Waals surface area contributed by atoms with Crippen molar-refractivity contribution in [3.63, 3.8) is 0 Å². The third-order valence-corrected chi connectivity index (χ3v) is 7.45. The maximum absolute atomic E-state index is 12.6. The quantitative estimate of drug-likeness (QED) is 0.506. The Bertz CT molecular complexity index is 1150. The van der Waals surface area contributed by atoms with E-state index in [1.807, 2.05) is 23.1 Å². The van der Waals surface area contributed by atoms with Crippen LogP contribution in [-0.4, -0.2) is 70.6 Å². The summed E-state index contributed by atoms with van der Waals surface area (Å²) in [5.41, 5.74) is 5.07. The molecule has 2 heterocycles. The number of fused-ring (bicyclic) bond motifs is 2. The average Bonchev–Trinajstić information content (AvgIpc) is 3.24. The van der Waals surface area contributed by atoms with Gasteiger partial charge in [0.1, 0.15) is 12.4 Å². The predicted octanol–water partition coefficient (Wildman–Crippen LogP) is 4.02. The second-order valence-electron chi connectivity index (χ2n) is 10.1. The van der Waals surface area contributed by atoms with Gasteiger partial charge in [0.15, 0.2) is 0 Å². The fourth-order valence-electron chi connectivity index (χ4n) is 5.40. The van der Waals surface area contributed by atoms with Gasteiger partial charge in [0.05, 0.1) is 0 Å². The van der Waals surface area contributed by atoms with E-state index in [0.29, 0.717) is 18.1 Å². The molecule has 0 atom stereocenters. The van der Waals surface area contributed by atoms with Crippen molar-refractivity contribution in [1.29, 1.82) is 0 Å². The van der Waals surface area contributed by atoms with E-state index < -0.39 is 11.9 Å². The van der Waals surface area contributed by atoms with Crippen LogP contribution >= 0.6 is 0 Å².